The van der Waals surface area contributed by atoms with Gasteiger partial charge in [0.25, 0.3) is 0 Å². The van der Waals surface area contributed by atoms with Crippen molar-refractivity contribution in [1.82, 2.24) is 4.90 Å². The maximum absolute atomic E-state index is 13.5. The molecule has 0 radical (unpaired) electrons. The van der Waals surface area contributed by atoms with E-state index in [1.54, 1.807) is 0 Å². The summed E-state index contributed by atoms with van der Waals surface area (Å²) in [6.45, 7) is 5.80. The van der Waals surface area contributed by atoms with Gasteiger partial charge in [0.1, 0.15) is 29.1 Å². The van der Waals surface area contributed by atoms with Gasteiger partial charge in [0.2, 0.25) is 0 Å². The predicted octanol–water partition coefficient (Wildman–Crippen LogP) is 7.10. The van der Waals surface area contributed by atoms with Gasteiger partial charge < -0.3 is 14.4 Å². The molecule has 1 atom stereocenters. The standard InChI is InChI=1S/C31H35F2NO2/c1-23-31(35-22-26-6-2-3-8-30(26)36-23)17-20-34(21-18-31)19-5-4-7-29(24-9-13-27(32)14-10-24)25-11-15-28(33)16-12-25/h2-3,6,8-16,23,29H,4-5,7,17-22H2,1H3. The third kappa shape index (κ3) is 5.63. The van der Waals surface area contributed by atoms with Gasteiger partial charge in [0.05, 0.1) is 6.61 Å². The quantitative estimate of drug-likeness (QED) is 0.329. The number of para-hydroxylation sites is 1. The molecule has 1 spiro atoms. The van der Waals surface area contributed by atoms with E-state index in [1.807, 2.05) is 42.5 Å². The van der Waals surface area contributed by atoms with Crippen LogP contribution in [0.4, 0.5) is 8.78 Å². The van der Waals surface area contributed by atoms with E-state index < -0.39 is 0 Å². The lowest BCUT2D eigenvalue weighted by molar-refractivity contribution is -0.136. The van der Waals surface area contributed by atoms with E-state index in [2.05, 4.69) is 17.9 Å². The summed E-state index contributed by atoms with van der Waals surface area (Å²) in [4.78, 5) is 2.53. The van der Waals surface area contributed by atoms with Crippen molar-refractivity contribution in [3.8, 4) is 5.75 Å². The van der Waals surface area contributed by atoms with Crippen molar-refractivity contribution in [2.45, 2.75) is 63.3 Å². The molecule has 0 saturated carbocycles. The van der Waals surface area contributed by atoms with Crippen molar-refractivity contribution >= 4 is 0 Å². The minimum absolute atomic E-state index is 0.0236. The molecule has 0 aliphatic carbocycles. The van der Waals surface area contributed by atoms with Crippen molar-refractivity contribution in [2.24, 2.45) is 0 Å². The molecule has 2 aliphatic heterocycles. The molecule has 1 unspecified atom stereocenters. The summed E-state index contributed by atoms with van der Waals surface area (Å²) in [6.07, 6.45) is 5.04. The third-order valence-corrected chi connectivity index (χ3v) is 8.00. The van der Waals surface area contributed by atoms with Crippen molar-refractivity contribution < 1.29 is 18.3 Å². The number of nitrogens with zero attached hydrogens (tertiary/aromatic N) is 1. The van der Waals surface area contributed by atoms with Gasteiger partial charge in [-0.25, -0.2) is 8.78 Å². The molecular weight excluding hydrogens is 456 g/mol. The van der Waals surface area contributed by atoms with Crippen LogP contribution in [0.1, 0.15) is 61.6 Å². The number of hydrogen-bond donors (Lipinski definition) is 0. The Kier molecular flexibility index (Phi) is 7.68. The van der Waals surface area contributed by atoms with Gasteiger partial charge in [-0.15, -0.1) is 0 Å². The predicted molar refractivity (Wildman–Crippen MR) is 138 cm³/mol. The molecule has 5 rings (SSSR count). The molecule has 2 aliphatic rings. The lowest BCUT2D eigenvalue weighted by Crippen LogP contribution is -2.53. The van der Waals surface area contributed by atoms with E-state index in [0.29, 0.717) is 6.61 Å². The maximum Gasteiger partial charge on any atom is 0.125 e. The number of piperidine rings is 1. The summed E-state index contributed by atoms with van der Waals surface area (Å²) in [5, 5.41) is 0. The molecular formula is C31H35F2NO2. The zero-order valence-electron chi connectivity index (χ0n) is 21.0. The summed E-state index contributed by atoms with van der Waals surface area (Å²) in [5.41, 5.74) is 3.04. The molecule has 3 nitrogen and oxygen atoms in total. The monoisotopic (exact) mass is 491 g/mol. The van der Waals surface area contributed by atoms with Gasteiger partial charge in [0, 0.05) is 24.6 Å². The van der Waals surface area contributed by atoms with Gasteiger partial charge in [-0.05, 0) is 80.6 Å². The van der Waals surface area contributed by atoms with E-state index >= 15 is 0 Å². The van der Waals surface area contributed by atoms with Gasteiger partial charge in [0.15, 0.2) is 0 Å². The third-order valence-electron chi connectivity index (χ3n) is 8.00. The van der Waals surface area contributed by atoms with Crippen molar-refractivity contribution in [3.05, 3.63) is 101 Å². The fraction of sp³-hybridized carbons (Fsp3) is 0.419. The summed E-state index contributed by atoms with van der Waals surface area (Å²) in [6, 6.07) is 21.6. The molecule has 2 heterocycles. The SMILES string of the molecule is CC1Oc2ccccc2COC12CCN(CCCCC(c1ccc(F)cc1)c1ccc(F)cc1)CC2. The van der Waals surface area contributed by atoms with Gasteiger partial charge in [-0.3, -0.25) is 0 Å². The molecule has 0 bridgehead atoms. The van der Waals surface area contributed by atoms with Crippen LogP contribution in [0.2, 0.25) is 0 Å². The number of ether oxygens (including phenoxy) is 2. The van der Waals surface area contributed by atoms with Crippen LogP contribution in [-0.2, 0) is 11.3 Å². The number of halogens is 2. The zero-order valence-corrected chi connectivity index (χ0v) is 21.0. The van der Waals surface area contributed by atoms with Crippen LogP contribution in [0.5, 0.6) is 5.75 Å². The normalized spacial score (nSPS) is 19.6. The minimum Gasteiger partial charge on any atom is -0.487 e. The highest BCUT2D eigenvalue weighted by Gasteiger charge is 2.43. The average Bonchev–Trinajstić information content (AvgIpc) is 3.03. The van der Waals surface area contributed by atoms with Crippen LogP contribution in [0.25, 0.3) is 0 Å². The minimum atomic E-state index is -0.235. The van der Waals surface area contributed by atoms with Gasteiger partial charge in [-0.1, -0.05) is 48.9 Å². The van der Waals surface area contributed by atoms with Crippen LogP contribution in [-0.4, -0.2) is 36.2 Å². The van der Waals surface area contributed by atoms with Crippen LogP contribution >= 0.6 is 0 Å². The number of fused-ring (bicyclic) bond motifs is 1. The highest BCUT2D eigenvalue weighted by molar-refractivity contribution is 5.34. The Bertz CT molecular complexity index is 1080. The van der Waals surface area contributed by atoms with E-state index in [4.69, 9.17) is 9.47 Å². The molecule has 190 valence electrons. The fourth-order valence-electron chi connectivity index (χ4n) is 5.68. The highest BCUT2D eigenvalue weighted by atomic mass is 19.1. The second-order valence-corrected chi connectivity index (χ2v) is 10.2. The van der Waals surface area contributed by atoms with E-state index in [1.165, 1.54) is 24.3 Å². The molecule has 3 aromatic rings. The van der Waals surface area contributed by atoms with Gasteiger partial charge >= 0.3 is 0 Å². The number of likely N-dealkylation sites (tertiary alicyclic amines) is 1. The second kappa shape index (κ2) is 11.1. The number of benzene rings is 3. The lowest BCUT2D eigenvalue weighted by Gasteiger charge is -2.43. The molecule has 1 fully saturated rings. The summed E-state index contributed by atoms with van der Waals surface area (Å²) < 4.78 is 39.8. The van der Waals surface area contributed by atoms with Crippen LogP contribution < -0.4 is 4.74 Å². The van der Waals surface area contributed by atoms with E-state index in [0.717, 1.165) is 74.2 Å². The summed E-state index contributed by atoms with van der Waals surface area (Å²) in [5.74, 6) is 0.609. The molecule has 36 heavy (non-hydrogen) atoms. The topological polar surface area (TPSA) is 21.7 Å². The first-order valence-electron chi connectivity index (χ1n) is 13.1. The number of hydrogen-bond acceptors (Lipinski definition) is 3. The van der Waals surface area contributed by atoms with Crippen LogP contribution in [0.3, 0.4) is 0 Å². The van der Waals surface area contributed by atoms with E-state index in [9.17, 15) is 8.78 Å². The molecule has 3 aromatic carbocycles. The smallest absolute Gasteiger partial charge is 0.125 e. The summed E-state index contributed by atoms with van der Waals surface area (Å²) in [7, 11) is 0. The van der Waals surface area contributed by atoms with Crippen molar-refractivity contribution in [3.63, 3.8) is 0 Å². The summed E-state index contributed by atoms with van der Waals surface area (Å²) >= 11 is 0. The Morgan fingerprint density at radius 3 is 2.11 bits per heavy atom. The maximum atomic E-state index is 13.5. The Morgan fingerprint density at radius 2 is 1.47 bits per heavy atom. The van der Waals surface area contributed by atoms with Crippen molar-refractivity contribution in [1.29, 1.82) is 0 Å². The highest BCUT2D eigenvalue weighted by Crippen LogP contribution is 2.38. The molecule has 0 aromatic heterocycles. The first-order chi connectivity index (χ1) is 17.5. The van der Waals surface area contributed by atoms with Crippen LogP contribution in [0, 0.1) is 11.6 Å². The largest absolute Gasteiger partial charge is 0.487 e. The fourth-order valence-corrected chi connectivity index (χ4v) is 5.68. The first-order valence-corrected chi connectivity index (χ1v) is 13.1. The number of rotatable bonds is 7. The van der Waals surface area contributed by atoms with Gasteiger partial charge in [-0.2, -0.15) is 0 Å². The molecule has 1 saturated heterocycles. The molecule has 5 heteroatoms. The number of unbranched alkanes of at least 4 members (excludes halogenated alkanes) is 1. The van der Waals surface area contributed by atoms with E-state index in [-0.39, 0.29) is 29.3 Å². The second-order valence-electron chi connectivity index (χ2n) is 10.2. The first kappa shape index (κ1) is 24.9. The Balaban J connectivity index is 1.13. The Hall–Kier alpha value is -2.76. The van der Waals surface area contributed by atoms with Crippen LogP contribution in [0.15, 0.2) is 72.8 Å². The molecule has 0 N–H and O–H groups in total. The average molecular weight is 492 g/mol. The zero-order chi connectivity index (χ0) is 25.0. The molecule has 0 amide bonds. The Labute approximate surface area is 213 Å². The Morgan fingerprint density at radius 1 is 0.861 bits per heavy atom. The van der Waals surface area contributed by atoms with Crippen molar-refractivity contribution in [2.75, 3.05) is 19.6 Å². The lowest BCUT2D eigenvalue weighted by atomic mass is 9.85.